The molecule has 2 aliphatic rings. The number of halogens is 6. The topological polar surface area (TPSA) is 103 Å². The Morgan fingerprint density at radius 3 is 2.53 bits per heavy atom. The summed E-state index contributed by atoms with van der Waals surface area (Å²) in [4.78, 5) is 29.5. The quantitative estimate of drug-likeness (QED) is 0.207. The molecule has 2 amide bonds. The number of fused-ring (bicyclic) bond motifs is 3. The summed E-state index contributed by atoms with van der Waals surface area (Å²) in [6.45, 7) is -0.541. The Balaban J connectivity index is 1.36. The van der Waals surface area contributed by atoms with Crippen LogP contribution in [0.3, 0.4) is 0 Å². The molecule has 43 heavy (non-hydrogen) atoms. The summed E-state index contributed by atoms with van der Waals surface area (Å²) in [7, 11) is 0. The number of amides is 2. The number of primary amides is 1. The van der Waals surface area contributed by atoms with Crippen LogP contribution < -0.4 is 11.1 Å². The van der Waals surface area contributed by atoms with Crippen molar-refractivity contribution in [1.82, 2.24) is 20.1 Å². The van der Waals surface area contributed by atoms with Gasteiger partial charge in [0.2, 0.25) is 5.91 Å². The minimum atomic E-state index is -4.68. The summed E-state index contributed by atoms with van der Waals surface area (Å²) in [5.74, 6) is -4.28. The van der Waals surface area contributed by atoms with Gasteiger partial charge in [0.25, 0.3) is 5.91 Å². The molecule has 3 heterocycles. The molecule has 2 aromatic carbocycles. The molecule has 0 saturated carbocycles. The van der Waals surface area contributed by atoms with Gasteiger partial charge in [0, 0.05) is 46.0 Å². The molecule has 7 nitrogen and oxygen atoms in total. The molecular formula is C29H21F6N5O2S. The molecule has 222 valence electrons. The molecule has 0 bridgehead atoms. The van der Waals surface area contributed by atoms with Crippen molar-refractivity contribution >= 4 is 23.6 Å². The number of benzene rings is 2. The largest absolute Gasteiger partial charge is 0.435 e. The van der Waals surface area contributed by atoms with Gasteiger partial charge in [-0.1, -0.05) is 12.1 Å². The summed E-state index contributed by atoms with van der Waals surface area (Å²) in [5.41, 5.74) is 5.40. The van der Waals surface area contributed by atoms with Crippen molar-refractivity contribution in [3.8, 4) is 11.1 Å². The zero-order valence-corrected chi connectivity index (χ0v) is 22.8. The number of hydrogen-bond acceptors (Lipinski definition) is 5. The Labute approximate surface area is 244 Å². The molecule has 0 spiro atoms. The van der Waals surface area contributed by atoms with Gasteiger partial charge in [-0.05, 0) is 47.9 Å². The average Bonchev–Trinajstić information content (AvgIpc) is 3.45. The number of rotatable bonds is 8. The third kappa shape index (κ3) is 5.70. The van der Waals surface area contributed by atoms with E-state index in [4.69, 9.17) is 5.73 Å². The van der Waals surface area contributed by atoms with E-state index in [0.717, 1.165) is 22.9 Å². The molecule has 14 heteroatoms. The number of thioether (sulfide) groups is 1. The Bertz CT molecular complexity index is 1750. The Morgan fingerprint density at radius 2 is 1.84 bits per heavy atom. The Kier molecular flexibility index (Phi) is 7.19. The lowest BCUT2D eigenvalue weighted by molar-refractivity contribution is -0.142. The van der Waals surface area contributed by atoms with Crippen LogP contribution in [-0.2, 0) is 30.4 Å². The average molecular weight is 618 g/mol. The monoisotopic (exact) mass is 617 g/mol. The lowest BCUT2D eigenvalue weighted by Gasteiger charge is -2.22. The first-order chi connectivity index (χ1) is 20.4. The van der Waals surface area contributed by atoms with Crippen LogP contribution in [0.2, 0.25) is 0 Å². The highest BCUT2D eigenvalue weighted by molar-refractivity contribution is 8.07. The van der Waals surface area contributed by atoms with Gasteiger partial charge in [-0.25, -0.2) is 13.2 Å². The molecule has 1 aliphatic carbocycles. The van der Waals surface area contributed by atoms with Crippen molar-refractivity contribution in [2.45, 2.75) is 42.1 Å². The second-order valence-corrected chi connectivity index (χ2v) is 11.6. The number of pyridine rings is 1. The van der Waals surface area contributed by atoms with Crippen LogP contribution in [0.15, 0.2) is 54.7 Å². The number of nitrogens with zero attached hydrogens (tertiary/aromatic N) is 3. The minimum Gasteiger partial charge on any atom is -0.366 e. The van der Waals surface area contributed by atoms with Crippen molar-refractivity contribution in [1.29, 1.82) is 0 Å². The first kappa shape index (κ1) is 28.8. The Hall–Kier alpha value is -4.33. The number of alkyl halides is 3. The summed E-state index contributed by atoms with van der Waals surface area (Å²) in [5, 5.41) is 6.19. The van der Waals surface area contributed by atoms with Gasteiger partial charge in [-0.2, -0.15) is 18.3 Å². The van der Waals surface area contributed by atoms with Crippen LogP contribution in [-0.4, -0.2) is 31.8 Å². The molecule has 0 radical (unpaired) electrons. The van der Waals surface area contributed by atoms with Gasteiger partial charge in [0.05, 0.1) is 17.3 Å². The SMILES string of the molecule is NC(=O)c1cc(-c2cccnc2[C@H](Cc2cc(F)cc(F)c2)NC(=O)Cn2nc(C(F)(F)F)c3c2C[C@@H]2S[C@H]32)ccc1F. The van der Waals surface area contributed by atoms with Gasteiger partial charge in [0.15, 0.2) is 5.69 Å². The summed E-state index contributed by atoms with van der Waals surface area (Å²) in [6, 6.07) is 8.57. The third-order valence-electron chi connectivity index (χ3n) is 7.33. The maximum atomic E-state index is 14.2. The number of hydrogen-bond donors (Lipinski definition) is 2. The number of nitrogens with one attached hydrogen (secondary N) is 1. The zero-order chi connectivity index (χ0) is 30.6. The van der Waals surface area contributed by atoms with Crippen LogP contribution in [0.1, 0.15) is 49.9 Å². The molecule has 1 aliphatic heterocycles. The number of carbonyl (C=O) groups is 2. The predicted octanol–water partition coefficient (Wildman–Crippen LogP) is 5.29. The minimum absolute atomic E-state index is 0.0242. The molecule has 3 N–H and O–H groups in total. The molecule has 1 fully saturated rings. The zero-order valence-electron chi connectivity index (χ0n) is 22.0. The van der Waals surface area contributed by atoms with Gasteiger partial charge >= 0.3 is 6.18 Å². The van der Waals surface area contributed by atoms with Gasteiger partial charge in [0.1, 0.15) is 24.0 Å². The first-order valence-corrected chi connectivity index (χ1v) is 13.9. The maximum absolute atomic E-state index is 14.2. The third-order valence-corrected chi connectivity index (χ3v) is 8.66. The molecule has 6 rings (SSSR count). The van der Waals surface area contributed by atoms with E-state index < -0.39 is 53.7 Å². The van der Waals surface area contributed by atoms with Crippen LogP contribution in [0.4, 0.5) is 26.3 Å². The predicted molar refractivity (Wildman–Crippen MR) is 144 cm³/mol. The van der Waals surface area contributed by atoms with Crippen molar-refractivity contribution < 1.29 is 35.9 Å². The van der Waals surface area contributed by atoms with Gasteiger partial charge in [-0.3, -0.25) is 19.3 Å². The lowest BCUT2D eigenvalue weighted by atomic mass is 9.94. The van der Waals surface area contributed by atoms with E-state index in [9.17, 15) is 35.9 Å². The van der Waals surface area contributed by atoms with Crippen LogP contribution in [0, 0.1) is 17.5 Å². The maximum Gasteiger partial charge on any atom is 0.435 e. The van der Waals surface area contributed by atoms with E-state index in [1.807, 2.05) is 0 Å². The van der Waals surface area contributed by atoms with E-state index in [-0.39, 0.29) is 39.3 Å². The highest BCUT2D eigenvalue weighted by Gasteiger charge is 2.54. The van der Waals surface area contributed by atoms with Crippen molar-refractivity contribution in [3.05, 3.63) is 106 Å². The number of nitrogens with two attached hydrogens (primary N) is 1. The molecule has 4 aromatic rings. The summed E-state index contributed by atoms with van der Waals surface area (Å²) >= 11 is 1.42. The van der Waals surface area contributed by atoms with E-state index in [1.54, 1.807) is 12.1 Å². The number of aromatic nitrogens is 3. The van der Waals surface area contributed by atoms with Crippen molar-refractivity contribution in [3.63, 3.8) is 0 Å². The summed E-state index contributed by atoms with van der Waals surface area (Å²) < 4.78 is 84.6. The molecule has 3 atom stereocenters. The Morgan fingerprint density at radius 1 is 1.09 bits per heavy atom. The van der Waals surface area contributed by atoms with Crippen LogP contribution >= 0.6 is 11.8 Å². The molecule has 2 aromatic heterocycles. The van der Waals surface area contributed by atoms with E-state index in [0.29, 0.717) is 29.3 Å². The molecule has 0 unspecified atom stereocenters. The van der Waals surface area contributed by atoms with E-state index >= 15 is 0 Å². The second-order valence-electron chi connectivity index (χ2n) is 10.3. The summed E-state index contributed by atoms with van der Waals surface area (Å²) in [6.07, 6.45) is -3.09. The van der Waals surface area contributed by atoms with Crippen molar-refractivity contribution in [2.75, 3.05) is 0 Å². The van der Waals surface area contributed by atoms with Crippen LogP contribution in [0.25, 0.3) is 11.1 Å². The van der Waals surface area contributed by atoms with E-state index in [1.165, 1.54) is 30.1 Å². The highest BCUT2D eigenvalue weighted by atomic mass is 32.2. The fourth-order valence-corrected chi connectivity index (χ4v) is 6.64. The van der Waals surface area contributed by atoms with Crippen LogP contribution in [0.5, 0.6) is 0 Å². The molecule has 1 saturated heterocycles. The smallest absolute Gasteiger partial charge is 0.366 e. The number of carbonyl (C=O) groups excluding carboxylic acids is 2. The normalized spacial score (nSPS) is 17.7. The van der Waals surface area contributed by atoms with E-state index in [2.05, 4.69) is 15.4 Å². The lowest BCUT2D eigenvalue weighted by Crippen LogP contribution is -2.34. The standard InChI is InChI=1S/C29H21F6N5O2S/c30-15-6-13(7-16(31)10-15)8-20(25-17(2-1-5-37-25)14-3-4-19(32)18(9-14)28(36)42)38-23(41)12-40-21-11-22-26(43-22)24(21)27(39-40)29(33,34)35/h1-7,9-10,20,22,26H,8,11-12H2,(H2,36,42)(H,38,41)/t20-,22-,26-/m0/s1. The van der Waals surface area contributed by atoms with Gasteiger partial charge in [-0.15, -0.1) is 11.8 Å². The molecular weight excluding hydrogens is 596 g/mol. The van der Waals surface area contributed by atoms with Gasteiger partial charge < -0.3 is 11.1 Å². The first-order valence-electron chi connectivity index (χ1n) is 13.0. The van der Waals surface area contributed by atoms with Crippen molar-refractivity contribution in [2.24, 2.45) is 5.73 Å². The fourth-order valence-electron chi connectivity index (χ4n) is 5.49. The fraction of sp³-hybridized carbons (Fsp3) is 0.241. The highest BCUT2D eigenvalue weighted by Crippen LogP contribution is 2.64. The second kappa shape index (κ2) is 10.7.